The van der Waals surface area contributed by atoms with Crippen molar-refractivity contribution in [1.29, 1.82) is 0 Å². The van der Waals surface area contributed by atoms with Gasteiger partial charge in [-0.05, 0) is 24.1 Å². The van der Waals surface area contributed by atoms with Gasteiger partial charge >= 0.3 is 0 Å². The molecule has 0 unspecified atom stereocenters. The van der Waals surface area contributed by atoms with Crippen LogP contribution in [0.25, 0.3) is 0 Å². The highest BCUT2D eigenvalue weighted by Gasteiger charge is 2.05. The van der Waals surface area contributed by atoms with Gasteiger partial charge in [0.2, 0.25) is 0 Å². The van der Waals surface area contributed by atoms with Gasteiger partial charge < -0.3 is 11.5 Å². The summed E-state index contributed by atoms with van der Waals surface area (Å²) in [5.41, 5.74) is 13.0. The van der Waals surface area contributed by atoms with Gasteiger partial charge in [-0.1, -0.05) is 11.6 Å². The molecule has 0 bridgehead atoms. The third-order valence-electron chi connectivity index (χ3n) is 1.72. The Balaban J connectivity index is 2.96. The number of pyridine rings is 1. The van der Waals surface area contributed by atoms with Crippen LogP contribution in [0.4, 0.5) is 0 Å². The predicted molar refractivity (Wildman–Crippen MR) is 50.0 cm³/mol. The monoisotopic (exact) mass is 185 g/mol. The lowest BCUT2D eigenvalue weighted by molar-refractivity contribution is 0.732. The molecule has 0 aliphatic rings. The van der Waals surface area contributed by atoms with Crippen molar-refractivity contribution in [3.8, 4) is 0 Å². The van der Waals surface area contributed by atoms with Crippen molar-refractivity contribution in [2.24, 2.45) is 11.5 Å². The molecule has 1 aromatic heterocycles. The molecule has 0 aliphatic carbocycles. The van der Waals surface area contributed by atoms with Crippen LogP contribution in [-0.4, -0.2) is 11.5 Å². The summed E-state index contributed by atoms with van der Waals surface area (Å²) in [7, 11) is 0. The van der Waals surface area contributed by atoms with Crippen molar-refractivity contribution in [2.75, 3.05) is 6.54 Å². The van der Waals surface area contributed by atoms with E-state index < -0.39 is 0 Å². The minimum atomic E-state index is -0.145. The summed E-state index contributed by atoms with van der Waals surface area (Å²) in [6, 6.07) is 1.76. The Morgan fingerprint density at radius 2 is 2.33 bits per heavy atom. The normalized spacial score (nSPS) is 13.0. The molecule has 1 atom stereocenters. The topological polar surface area (TPSA) is 64.9 Å². The van der Waals surface area contributed by atoms with E-state index in [1.54, 1.807) is 6.20 Å². The minimum Gasteiger partial charge on any atom is -0.329 e. The SMILES string of the molecule is Cc1cc([C@@H](N)CN)cnc1Cl. The van der Waals surface area contributed by atoms with Crippen molar-refractivity contribution >= 4 is 11.6 Å². The van der Waals surface area contributed by atoms with Gasteiger partial charge in [0.05, 0.1) is 0 Å². The molecule has 0 saturated carbocycles. The van der Waals surface area contributed by atoms with E-state index in [2.05, 4.69) is 4.98 Å². The molecule has 66 valence electrons. The number of hydrogen-bond acceptors (Lipinski definition) is 3. The molecule has 12 heavy (non-hydrogen) atoms. The van der Waals surface area contributed by atoms with Crippen molar-refractivity contribution in [2.45, 2.75) is 13.0 Å². The van der Waals surface area contributed by atoms with E-state index in [9.17, 15) is 0 Å². The summed E-state index contributed by atoms with van der Waals surface area (Å²) in [5.74, 6) is 0. The molecule has 0 fully saturated rings. The van der Waals surface area contributed by atoms with Gasteiger partial charge in [-0.2, -0.15) is 0 Å². The number of nitrogens with zero attached hydrogens (tertiary/aromatic N) is 1. The number of aromatic nitrogens is 1. The van der Waals surface area contributed by atoms with Gasteiger partial charge in [0.15, 0.2) is 0 Å². The second-order valence-corrected chi connectivity index (χ2v) is 3.08. The average molecular weight is 186 g/mol. The Morgan fingerprint density at radius 1 is 1.67 bits per heavy atom. The Morgan fingerprint density at radius 3 is 2.83 bits per heavy atom. The first-order valence-electron chi connectivity index (χ1n) is 3.73. The molecule has 3 nitrogen and oxygen atoms in total. The molecule has 0 saturated heterocycles. The van der Waals surface area contributed by atoms with Crippen LogP contribution in [0.1, 0.15) is 17.2 Å². The zero-order chi connectivity index (χ0) is 9.14. The number of halogens is 1. The van der Waals surface area contributed by atoms with E-state index in [0.29, 0.717) is 11.7 Å². The van der Waals surface area contributed by atoms with Crippen LogP contribution in [0.2, 0.25) is 5.15 Å². The molecule has 1 rings (SSSR count). The van der Waals surface area contributed by atoms with Crippen molar-refractivity contribution in [3.05, 3.63) is 28.5 Å². The van der Waals surface area contributed by atoms with E-state index >= 15 is 0 Å². The molecule has 0 aliphatic heterocycles. The first kappa shape index (κ1) is 9.45. The van der Waals surface area contributed by atoms with E-state index in [1.165, 1.54) is 0 Å². The summed E-state index contributed by atoms with van der Waals surface area (Å²) in [4.78, 5) is 3.98. The summed E-state index contributed by atoms with van der Waals surface area (Å²) in [5, 5.41) is 0.517. The lowest BCUT2D eigenvalue weighted by atomic mass is 10.1. The molecule has 4 N–H and O–H groups in total. The Bertz CT molecular complexity index is 275. The molecule has 1 heterocycles. The third kappa shape index (κ3) is 1.94. The van der Waals surface area contributed by atoms with Crippen molar-refractivity contribution < 1.29 is 0 Å². The highest BCUT2D eigenvalue weighted by Crippen LogP contribution is 2.15. The van der Waals surface area contributed by atoms with Crippen molar-refractivity contribution in [3.63, 3.8) is 0 Å². The fourth-order valence-corrected chi connectivity index (χ4v) is 1.02. The molecule has 0 spiro atoms. The van der Waals surface area contributed by atoms with Crippen molar-refractivity contribution in [1.82, 2.24) is 4.98 Å². The van der Waals surface area contributed by atoms with E-state index in [4.69, 9.17) is 23.1 Å². The van der Waals surface area contributed by atoms with Crippen LogP contribution in [0.3, 0.4) is 0 Å². The highest BCUT2D eigenvalue weighted by atomic mass is 35.5. The van der Waals surface area contributed by atoms with Gasteiger partial charge in [0.25, 0.3) is 0 Å². The van der Waals surface area contributed by atoms with E-state index in [1.807, 2.05) is 13.0 Å². The molecule has 4 heteroatoms. The van der Waals surface area contributed by atoms with Gasteiger partial charge in [0, 0.05) is 18.8 Å². The average Bonchev–Trinajstić information content (AvgIpc) is 2.08. The van der Waals surface area contributed by atoms with Crippen LogP contribution in [-0.2, 0) is 0 Å². The summed E-state index contributed by atoms with van der Waals surface area (Å²) >= 11 is 5.75. The number of rotatable bonds is 2. The molecule has 0 amide bonds. The number of nitrogens with two attached hydrogens (primary N) is 2. The summed E-state index contributed by atoms with van der Waals surface area (Å²) in [6.45, 7) is 2.31. The summed E-state index contributed by atoms with van der Waals surface area (Å²) in [6.07, 6.45) is 1.66. The Labute approximate surface area is 76.7 Å². The molecular weight excluding hydrogens is 174 g/mol. The van der Waals surface area contributed by atoms with Gasteiger partial charge in [-0.15, -0.1) is 0 Å². The smallest absolute Gasteiger partial charge is 0.131 e. The lowest BCUT2D eigenvalue weighted by Gasteiger charge is -2.09. The van der Waals surface area contributed by atoms with Crippen LogP contribution in [0, 0.1) is 6.92 Å². The quantitative estimate of drug-likeness (QED) is 0.676. The van der Waals surface area contributed by atoms with Gasteiger partial charge in [-0.3, -0.25) is 0 Å². The van der Waals surface area contributed by atoms with E-state index in [-0.39, 0.29) is 6.04 Å². The van der Waals surface area contributed by atoms with Crippen LogP contribution < -0.4 is 11.5 Å². The molecule has 1 aromatic rings. The minimum absolute atomic E-state index is 0.145. The lowest BCUT2D eigenvalue weighted by Crippen LogP contribution is -2.20. The number of hydrogen-bond donors (Lipinski definition) is 2. The second kappa shape index (κ2) is 3.85. The maximum absolute atomic E-state index is 5.75. The molecule has 0 aromatic carbocycles. The van der Waals surface area contributed by atoms with Crippen LogP contribution in [0.5, 0.6) is 0 Å². The maximum atomic E-state index is 5.75. The number of aryl methyl sites for hydroxylation is 1. The Kier molecular flexibility index (Phi) is 3.03. The third-order valence-corrected chi connectivity index (χ3v) is 2.11. The first-order valence-corrected chi connectivity index (χ1v) is 4.10. The Hall–Kier alpha value is -0.640. The predicted octanol–water partition coefficient (Wildman–Crippen LogP) is 1.00. The molecule has 0 radical (unpaired) electrons. The van der Waals surface area contributed by atoms with Crippen LogP contribution in [0.15, 0.2) is 12.3 Å². The standard InChI is InChI=1S/C8H12ClN3/c1-5-2-6(7(11)3-10)4-12-8(5)9/h2,4,7H,3,10-11H2,1H3/t7-/m0/s1. The molecular formula is C8H12ClN3. The largest absolute Gasteiger partial charge is 0.329 e. The highest BCUT2D eigenvalue weighted by molar-refractivity contribution is 6.30. The second-order valence-electron chi connectivity index (χ2n) is 2.72. The maximum Gasteiger partial charge on any atom is 0.131 e. The fraction of sp³-hybridized carbons (Fsp3) is 0.375. The first-order chi connectivity index (χ1) is 5.65. The fourth-order valence-electron chi connectivity index (χ4n) is 0.919. The van der Waals surface area contributed by atoms with Gasteiger partial charge in [0.1, 0.15) is 5.15 Å². The summed E-state index contributed by atoms with van der Waals surface area (Å²) < 4.78 is 0. The van der Waals surface area contributed by atoms with Gasteiger partial charge in [-0.25, -0.2) is 4.98 Å². The van der Waals surface area contributed by atoms with Crippen LogP contribution >= 0.6 is 11.6 Å². The zero-order valence-corrected chi connectivity index (χ0v) is 7.67. The van der Waals surface area contributed by atoms with E-state index in [0.717, 1.165) is 11.1 Å². The zero-order valence-electron chi connectivity index (χ0n) is 6.92.